The number of nitrogens with zero attached hydrogens (tertiary/aromatic N) is 2. The molecule has 0 radical (unpaired) electrons. The predicted octanol–water partition coefficient (Wildman–Crippen LogP) is 8.47. The van der Waals surface area contributed by atoms with Crippen molar-refractivity contribution < 1.29 is 0 Å². The van der Waals surface area contributed by atoms with E-state index in [-0.39, 0.29) is 0 Å². The number of aromatic amines is 2. The van der Waals surface area contributed by atoms with Gasteiger partial charge in [-0.1, -0.05) is 53.4 Å². The van der Waals surface area contributed by atoms with E-state index in [0.717, 1.165) is 77.7 Å². The van der Waals surface area contributed by atoms with Crippen LogP contribution >= 0.6 is 0 Å². The van der Waals surface area contributed by atoms with Gasteiger partial charge in [0.05, 0.1) is 33.9 Å². The first-order valence-corrected chi connectivity index (χ1v) is 14.6. The van der Waals surface area contributed by atoms with E-state index in [9.17, 15) is 0 Å². The number of aromatic nitrogens is 4. The minimum atomic E-state index is 0.647. The zero-order valence-electron chi connectivity index (χ0n) is 24.6. The highest BCUT2D eigenvalue weighted by Crippen LogP contribution is 2.37. The first-order chi connectivity index (χ1) is 19.5. The number of H-pyrrole nitrogens is 2. The van der Waals surface area contributed by atoms with Crippen LogP contribution in [-0.4, -0.2) is 19.9 Å². The molecule has 0 amide bonds. The van der Waals surface area contributed by atoms with Crippen molar-refractivity contribution in [1.29, 1.82) is 0 Å². The lowest BCUT2D eigenvalue weighted by Crippen LogP contribution is -1.87. The third-order valence-corrected chi connectivity index (χ3v) is 8.33. The Morgan fingerprint density at radius 3 is 1.25 bits per heavy atom. The highest BCUT2D eigenvalue weighted by atomic mass is 14.8. The van der Waals surface area contributed by atoms with Gasteiger partial charge in [0, 0.05) is 22.1 Å². The standard InChI is InChI=1S/C36H38N4/c1-9-21-22(10-2)30-18-32-25(13-5)26(14-6)34(39-32)20-36-28(16-8)27(15-7)35(40-36)19-33-24(12-4)23(11-3)31(38-33)17-29(21)37-30/h1-2,17-20,38,40H,11-16H2,3-8H3. The fraction of sp³-hybridized carbons (Fsp3) is 0.333. The third kappa shape index (κ3) is 4.29. The minimum absolute atomic E-state index is 0.647. The molecule has 4 heteroatoms. The highest BCUT2D eigenvalue weighted by Gasteiger charge is 2.22. The number of allylic oxidation sites excluding steroid dienone is 4. The maximum Gasteiger partial charge on any atom is 0.0828 e. The largest absolute Gasteiger partial charge is 0.355 e. The molecule has 0 atom stereocenters. The Balaban J connectivity index is 2.05. The summed E-state index contributed by atoms with van der Waals surface area (Å²) in [6.07, 6.45) is 17.5. The van der Waals surface area contributed by atoms with Crippen LogP contribution in [0, 0.1) is 24.7 Å². The van der Waals surface area contributed by atoms with Crippen LogP contribution in [0.2, 0.25) is 0 Å². The second kappa shape index (κ2) is 11.1. The Morgan fingerprint density at radius 1 is 0.500 bits per heavy atom. The monoisotopic (exact) mass is 526 g/mol. The summed E-state index contributed by atoms with van der Waals surface area (Å²) >= 11 is 0. The van der Waals surface area contributed by atoms with E-state index >= 15 is 0 Å². The number of hydrogen-bond donors (Lipinski definition) is 2. The molecule has 0 saturated heterocycles. The smallest absolute Gasteiger partial charge is 0.0828 e. The summed E-state index contributed by atoms with van der Waals surface area (Å²) in [5.41, 5.74) is 16.9. The van der Waals surface area contributed by atoms with Gasteiger partial charge in [-0.15, -0.1) is 12.8 Å². The fourth-order valence-corrected chi connectivity index (χ4v) is 6.50. The molecule has 5 rings (SSSR count). The molecule has 0 aromatic carbocycles. The van der Waals surface area contributed by atoms with E-state index in [0.29, 0.717) is 16.8 Å². The lowest BCUT2D eigenvalue weighted by molar-refractivity contribution is 1.07. The van der Waals surface area contributed by atoms with Crippen LogP contribution in [-0.2, 0) is 25.7 Å². The number of hydrogen-bond acceptors (Lipinski definition) is 2. The van der Waals surface area contributed by atoms with Crippen molar-refractivity contribution in [1.82, 2.24) is 19.9 Å². The van der Waals surface area contributed by atoms with Crippen molar-refractivity contribution in [2.45, 2.75) is 80.1 Å². The second-order valence-corrected chi connectivity index (χ2v) is 10.3. The van der Waals surface area contributed by atoms with Gasteiger partial charge in [-0.05, 0) is 96.2 Å². The summed E-state index contributed by atoms with van der Waals surface area (Å²) in [5, 5.41) is 0. The summed E-state index contributed by atoms with van der Waals surface area (Å²) < 4.78 is 0. The lowest BCUT2D eigenvalue weighted by Gasteiger charge is -2.03. The lowest BCUT2D eigenvalue weighted by atomic mass is 9.99. The van der Waals surface area contributed by atoms with E-state index in [2.05, 4.69) is 81.6 Å². The van der Waals surface area contributed by atoms with Crippen LogP contribution in [0.15, 0.2) is 24.3 Å². The van der Waals surface area contributed by atoms with Gasteiger partial charge in [0.1, 0.15) is 0 Å². The van der Waals surface area contributed by atoms with Gasteiger partial charge in [-0.2, -0.15) is 0 Å². The summed E-state index contributed by atoms with van der Waals surface area (Å²) in [6.45, 7) is 13.3. The summed E-state index contributed by atoms with van der Waals surface area (Å²) in [7, 11) is 0. The number of nitrogens with one attached hydrogen (secondary N) is 2. The van der Waals surface area contributed by atoms with Gasteiger partial charge in [-0.3, -0.25) is 0 Å². The zero-order valence-corrected chi connectivity index (χ0v) is 24.6. The van der Waals surface area contributed by atoms with Crippen LogP contribution in [0.1, 0.15) is 99.4 Å². The average Bonchev–Trinajstić information content (AvgIpc) is 3.67. The van der Waals surface area contributed by atoms with Gasteiger partial charge in [0.2, 0.25) is 0 Å². The third-order valence-electron chi connectivity index (χ3n) is 8.33. The van der Waals surface area contributed by atoms with E-state index in [1.807, 2.05) is 6.07 Å². The Bertz CT molecular complexity index is 1820. The minimum Gasteiger partial charge on any atom is -0.355 e. The van der Waals surface area contributed by atoms with E-state index in [4.69, 9.17) is 22.8 Å². The highest BCUT2D eigenvalue weighted by molar-refractivity contribution is 6.06. The maximum absolute atomic E-state index is 6.02. The molecule has 0 fully saturated rings. The Labute approximate surface area is 238 Å². The molecule has 4 nitrogen and oxygen atoms in total. The van der Waals surface area contributed by atoms with Crippen LogP contribution in [0.4, 0.5) is 0 Å². The predicted molar refractivity (Wildman–Crippen MR) is 170 cm³/mol. The molecule has 5 heterocycles. The molecule has 0 aliphatic carbocycles. The van der Waals surface area contributed by atoms with Crippen molar-refractivity contribution >= 4 is 44.4 Å². The Morgan fingerprint density at radius 2 is 0.850 bits per heavy atom. The number of rotatable bonds is 6. The topological polar surface area (TPSA) is 57.4 Å². The summed E-state index contributed by atoms with van der Waals surface area (Å²) in [4.78, 5) is 17.7. The van der Waals surface area contributed by atoms with Crippen molar-refractivity contribution in [3.63, 3.8) is 0 Å². The molecule has 2 aliphatic rings. The van der Waals surface area contributed by atoms with Gasteiger partial charge in [-0.25, -0.2) is 9.97 Å². The molecule has 0 unspecified atom stereocenters. The molecule has 40 heavy (non-hydrogen) atoms. The molecule has 2 N–H and O–H groups in total. The molecule has 2 aliphatic heterocycles. The fourth-order valence-electron chi connectivity index (χ4n) is 6.50. The molecule has 8 bridgehead atoms. The first kappa shape index (κ1) is 27.3. The average molecular weight is 527 g/mol. The molecule has 3 aromatic heterocycles. The molecular weight excluding hydrogens is 488 g/mol. The summed E-state index contributed by atoms with van der Waals surface area (Å²) in [6, 6.07) is 8.62. The van der Waals surface area contributed by atoms with Crippen molar-refractivity contribution in [3.8, 4) is 24.7 Å². The molecular formula is C36H38N4. The van der Waals surface area contributed by atoms with Crippen LogP contribution in [0.5, 0.6) is 0 Å². The SMILES string of the molecule is C#CC1=C(C#C)c2cc3[nH]c(cc4[nH]c(cc5nc(cc1n2)C(CC)=C5CC)c(CC)c4CC)c(CC)c3CC. The number of aryl methyl sites for hydroxylation is 4. The maximum atomic E-state index is 6.02. The Hall–Kier alpha value is -4.28. The van der Waals surface area contributed by atoms with Crippen molar-refractivity contribution in [2.75, 3.05) is 0 Å². The molecule has 0 spiro atoms. The van der Waals surface area contributed by atoms with Gasteiger partial charge in [0.25, 0.3) is 0 Å². The second-order valence-electron chi connectivity index (χ2n) is 10.3. The van der Waals surface area contributed by atoms with Gasteiger partial charge >= 0.3 is 0 Å². The Kier molecular flexibility index (Phi) is 7.55. The number of fused-ring (bicyclic) bond motifs is 8. The normalized spacial score (nSPS) is 13.1. The molecule has 0 saturated carbocycles. The van der Waals surface area contributed by atoms with E-state index in [1.165, 1.54) is 33.4 Å². The van der Waals surface area contributed by atoms with Crippen LogP contribution < -0.4 is 0 Å². The zero-order chi connectivity index (χ0) is 28.6. The number of terminal acetylenes is 2. The molecule has 202 valence electrons. The first-order valence-electron chi connectivity index (χ1n) is 14.6. The van der Waals surface area contributed by atoms with Crippen LogP contribution in [0.3, 0.4) is 0 Å². The van der Waals surface area contributed by atoms with Crippen LogP contribution in [0.25, 0.3) is 44.4 Å². The van der Waals surface area contributed by atoms with Gasteiger partial charge in [0.15, 0.2) is 0 Å². The quantitative estimate of drug-likeness (QED) is 0.317. The molecule has 3 aromatic rings. The van der Waals surface area contributed by atoms with Crippen molar-refractivity contribution in [2.24, 2.45) is 0 Å². The summed E-state index contributed by atoms with van der Waals surface area (Å²) in [5.74, 6) is 5.67. The van der Waals surface area contributed by atoms with Crippen molar-refractivity contribution in [3.05, 3.63) is 69.3 Å². The van der Waals surface area contributed by atoms with Gasteiger partial charge < -0.3 is 9.97 Å². The van der Waals surface area contributed by atoms with E-state index < -0.39 is 0 Å². The van der Waals surface area contributed by atoms with E-state index in [1.54, 1.807) is 0 Å².